The molecular weight excluding hydrogens is 266 g/mol. The van der Waals surface area contributed by atoms with Gasteiger partial charge < -0.3 is 10.2 Å². The largest absolute Gasteiger partial charge is 0.348 e. The second kappa shape index (κ2) is 7.41. The van der Waals surface area contributed by atoms with Crippen LogP contribution in [0.4, 0.5) is 5.13 Å². The molecule has 2 rings (SSSR count). The highest BCUT2D eigenvalue weighted by atomic mass is 32.1. The fourth-order valence-corrected chi connectivity index (χ4v) is 4.22. The van der Waals surface area contributed by atoms with Crippen LogP contribution < -0.4 is 10.2 Å². The van der Waals surface area contributed by atoms with Gasteiger partial charge in [0.05, 0.1) is 5.69 Å². The summed E-state index contributed by atoms with van der Waals surface area (Å²) in [5.41, 5.74) is 1.31. The predicted octanol–water partition coefficient (Wildman–Crippen LogP) is 4.14. The molecule has 4 heteroatoms. The molecule has 1 saturated carbocycles. The van der Waals surface area contributed by atoms with Crippen molar-refractivity contribution in [1.82, 2.24) is 10.3 Å². The lowest BCUT2D eigenvalue weighted by molar-refractivity contribution is 0.427. The first-order valence-corrected chi connectivity index (χ1v) is 8.86. The molecule has 0 saturated heterocycles. The molecule has 1 aliphatic rings. The molecule has 0 bridgehead atoms. The molecule has 1 heterocycles. The van der Waals surface area contributed by atoms with E-state index in [0.29, 0.717) is 12.0 Å². The van der Waals surface area contributed by atoms with E-state index >= 15 is 0 Å². The maximum atomic E-state index is 4.98. The van der Waals surface area contributed by atoms with Crippen molar-refractivity contribution >= 4 is 16.5 Å². The minimum Gasteiger partial charge on any atom is -0.348 e. The number of thiazole rings is 1. The zero-order valence-electron chi connectivity index (χ0n) is 13.4. The van der Waals surface area contributed by atoms with Gasteiger partial charge in [-0.1, -0.05) is 33.1 Å². The zero-order chi connectivity index (χ0) is 14.5. The quantitative estimate of drug-likeness (QED) is 0.854. The average molecular weight is 295 g/mol. The Hall–Kier alpha value is -0.610. The molecule has 0 aliphatic heterocycles. The third-order valence-corrected chi connectivity index (χ3v) is 5.72. The molecule has 20 heavy (non-hydrogen) atoms. The number of rotatable bonds is 6. The highest BCUT2D eigenvalue weighted by Gasteiger charge is 2.23. The summed E-state index contributed by atoms with van der Waals surface area (Å²) in [5.74, 6) is 0.558. The van der Waals surface area contributed by atoms with Crippen LogP contribution in [0.15, 0.2) is 0 Å². The van der Waals surface area contributed by atoms with Gasteiger partial charge in [0.15, 0.2) is 5.13 Å². The van der Waals surface area contributed by atoms with Gasteiger partial charge in [-0.2, -0.15) is 0 Å². The maximum Gasteiger partial charge on any atom is 0.185 e. The van der Waals surface area contributed by atoms with Crippen molar-refractivity contribution in [2.75, 3.05) is 19.0 Å². The van der Waals surface area contributed by atoms with E-state index in [1.165, 1.54) is 47.8 Å². The highest BCUT2D eigenvalue weighted by Crippen LogP contribution is 2.34. The smallest absolute Gasteiger partial charge is 0.185 e. The van der Waals surface area contributed by atoms with Gasteiger partial charge in [0.1, 0.15) is 0 Å². The minimum absolute atomic E-state index is 0.558. The van der Waals surface area contributed by atoms with Gasteiger partial charge in [0.25, 0.3) is 0 Å². The van der Waals surface area contributed by atoms with Crippen molar-refractivity contribution in [1.29, 1.82) is 0 Å². The molecule has 114 valence electrons. The lowest BCUT2D eigenvalue weighted by Gasteiger charge is -2.30. The molecule has 1 aliphatic carbocycles. The van der Waals surface area contributed by atoms with E-state index in [-0.39, 0.29) is 0 Å². The summed E-state index contributed by atoms with van der Waals surface area (Å²) in [4.78, 5) is 8.83. The van der Waals surface area contributed by atoms with Crippen LogP contribution in [0.2, 0.25) is 0 Å². The van der Waals surface area contributed by atoms with Gasteiger partial charge in [-0.3, -0.25) is 0 Å². The Labute approximate surface area is 127 Å². The number of nitrogens with zero attached hydrogens (tertiary/aromatic N) is 2. The van der Waals surface area contributed by atoms with Gasteiger partial charge in [0, 0.05) is 24.5 Å². The van der Waals surface area contributed by atoms with E-state index in [0.717, 1.165) is 13.0 Å². The Morgan fingerprint density at radius 3 is 2.65 bits per heavy atom. The molecule has 1 atom stereocenters. The fourth-order valence-electron chi connectivity index (χ4n) is 2.99. The van der Waals surface area contributed by atoms with Crippen molar-refractivity contribution in [2.45, 2.75) is 70.9 Å². The number of aromatic nitrogens is 1. The van der Waals surface area contributed by atoms with Crippen LogP contribution in [0.25, 0.3) is 0 Å². The molecular formula is C16H29N3S. The fraction of sp³-hybridized carbons (Fsp3) is 0.812. The van der Waals surface area contributed by atoms with Crippen LogP contribution in [-0.4, -0.2) is 25.1 Å². The van der Waals surface area contributed by atoms with E-state index in [9.17, 15) is 0 Å². The lowest BCUT2D eigenvalue weighted by Crippen LogP contribution is -2.33. The van der Waals surface area contributed by atoms with Crippen LogP contribution in [0.5, 0.6) is 0 Å². The molecule has 1 aromatic heterocycles. The first-order valence-electron chi connectivity index (χ1n) is 8.04. The standard InChI is InChI=1S/C16H29N3S/c1-5-12(2)15-14(11-17-3)20-16(18-15)19(4)13-9-7-6-8-10-13/h12-13,17H,5-11H2,1-4H3. The van der Waals surface area contributed by atoms with E-state index in [1.54, 1.807) is 0 Å². The van der Waals surface area contributed by atoms with E-state index < -0.39 is 0 Å². The Morgan fingerprint density at radius 2 is 2.05 bits per heavy atom. The average Bonchev–Trinajstić information content (AvgIpc) is 2.91. The summed E-state index contributed by atoms with van der Waals surface area (Å²) in [5, 5.41) is 4.51. The normalized spacial score (nSPS) is 18.2. The highest BCUT2D eigenvalue weighted by molar-refractivity contribution is 7.15. The Kier molecular flexibility index (Phi) is 5.85. The summed E-state index contributed by atoms with van der Waals surface area (Å²) in [7, 11) is 4.25. The van der Waals surface area contributed by atoms with Gasteiger partial charge >= 0.3 is 0 Å². The molecule has 1 aromatic rings. The van der Waals surface area contributed by atoms with Gasteiger partial charge in [-0.15, -0.1) is 11.3 Å². The van der Waals surface area contributed by atoms with E-state index in [4.69, 9.17) is 4.98 Å². The Morgan fingerprint density at radius 1 is 1.35 bits per heavy atom. The summed E-state index contributed by atoms with van der Waals surface area (Å²) in [6.45, 7) is 5.48. The lowest BCUT2D eigenvalue weighted by atomic mass is 9.95. The van der Waals surface area contributed by atoms with Crippen molar-refractivity contribution in [2.24, 2.45) is 0 Å². The first kappa shape index (κ1) is 15.8. The number of hydrogen-bond donors (Lipinski definition) is 1. The molecule has 0 spiro atoms. The van der Waals surface area contributed by atoms with Crippen LogP contribution in [0, 0.1) is 0 Å². The SMILES string of the molecule is CCC(C)c1nc(N(C)C2CCCCC2)sc1CNC. The van der Waals surface area contributed by atoms with Crippen molar-refractivity contribution in [3.05, 3.63) is 10.6 Å². The minimum atomic E-state index is 0.558. The maximum absolute atomic E-state index is 4.98. The van der Waals surface area contributed by atoms with Gasteiger partial charge in [0.2, 0.25) is 0 Å². The first-order chi connectivity index (χ1) is 9.67. The molecule has 1 fully saturated rings. The molecule has 1 N–H and O–H groups in total. The van der Waals surface area contributed by atoms with Crippen LogP contribution in [0.1, 0.15) is 68.9 Å². The van der Waals surface area contributed by atoms with Crippen molar-refractivity contribution in [3.8, 4) is 0 Å². The number of anilines is 1. The summed E-state index contributed by atoms with van der Waals surface area (Å²) < 4.78 is 0. The molecule has 0 amide bonds. The topological polar surface area (TPSA) is 28.2 Å². The third-order valence-electron chi connectivity index (χ3n) is 4.56. The third kappa shape index (κ3) is 3.53. The summed E-state index contributed by atoms with van der Waals surface area (Å²) >= 11 is 1.88. The Balaban J connectivity index is 2.18. The van der Waals surface area contributed by atoms with E-state index in [1.807, 2.05) is 18.4 Å². The molecule has 1 unspecified atom stereocenters. The molecule has 0 aromatic carbocycles. The Bertz CT molecular complexity index is 410. The van der Waals surface area contributed by atoms with Crippen molar-refractivity contribution < 1.29 is 0 Å². The monoisotopic (exact) mass is 295 g/mol. The molecule has 0 radical (unpaired) electrons. The second-order valence-corrected chi connectivity index (χ2v) is 7.11. The van der Waals surface area contributed by atoms with Crippen LogP contribution in [0.3, 0.4) is 0 Å². The summed E-state index contributed by atoms with van der Waals surface area (Å²) in [6, 6.07) is 0.696. The number of nitrogens with one attached hydrogen (secondary N) is 1. The van der Waals surface area contributed by atoms with Gasteiger partial charge in [-0.05, 0) is 32.2 Å². The van der Waals surface area contributed by atoms with Crippen LogP contribution >= 0.6 is 11.3 Å². The second-order valence-electron chi connectivity index (χ2n) is 6.05. The zero-order valence-corrected chi connectivity index (χ0v) is 14.2. The molecule has 3 nitrogen and oxygen atoms in total. The van der Waals surface area contributed by atoms with Crippen LogP contribution in [-0.2, 0) is 6.54 Å². The number of hydrogen-bond acceptors (Lipinski definition) is 4. The summed E-state index contributed by atoms with van der Waals surface area (Å²) in [6.07, 6.45) is 7.98. The van der Waals surface area contributed by atoms with E-state index in [2.05, 4.69) is 31.1 Å². The van der Waals surface area contributed by atoms with Gasteiger partial charge in [-0.25, -0.2) is 4.98 Å². The van der Waals surface area contributed by atoms with Crippen molar-refractivity contribution in [3.63, 3.8) is 0 Å². The predicted molar refractivity (Wildman–Crippen MR) is 88.9 cm³/mol.